The van der Waals surface area contributed by atoms with Crippen molar-refractivity contribution in [2.24, 2.45) is 0 Å². The molecule has 1 aliphatic heterocycles. The van der Waals surface area contributed by atoms with Crippen molar-refractivity contribution in [2.45, 2.75) is 12.5 Å². The van der Waals surface area contributed by atoms with E-state index in [0.29, 0.717) is 17.9 Å². The molecule has 0 radical (unpaired) electrons. The zero-order chi connectivity index (χ0) is 17.3. The summed E-state index contributed by atoms with van der Waals surface area (Å²) in [6.07, 6.45) is 0. The molecule has 1 heterocycles. The summed E-state index contributed by atoms with van der Waals surface area (Å²) in [5.41, 5.74) is 1.07. The number of para-hydroxylation sites is 1. The molecule has 0 spiro atoms. The third kappa shape index (κ3) is 2.83. The lowest BCUT2D eigenvalue weighted by Gasteiger charge is -2.35. The minimum Gasteiger partial charge on any atom is -0.508 e. The summed E-state index contributed by atoms with van der Waals surface area (Å²) in [6.45, 7) is 2.59. The monoisotopic (exact) mass is 327 g/mol. The minimum atomic E-state index is -1.30. The van der Waals surface area contributed by atoms with Crippen molar-refractivity contribution in [3.8, 4) is 22.6 Å². The Kier molecular flexibility index (Phi) is 4.20. The number of phenols is 1. The molecule has 24 heavy (non-hydrogen) atoms. The van der Waals surface area contributed by atoms with E-state index in [2.05, 4.69) is 0 Å². The summed E-state index contributed by atoms with van der Waals surface area (Å²) >= 11 is 0. The second kappa shape index (κ2) is 6.17. The van der Waals surface area contributed by atoms with E-state index in [9.17, 15) is 9.90 Å². The summed E-state index contributed by atoms with van der Waals surface area (Å²) in [5, 5.41) is 9.88. The van der Waals surface area contributed by atoms with E-state index in [-0.39, 0.29) is 12.4 Å². The molecular weight excluding hydrogens is 306 g/mol. The van der Waals surface area contributed by atoms with E-state index in [0.717, 1.165) is 11.1 Å². The van der Waals surface area contributed by atoms with Crippen molar-refractivity contribution < 1.29 is 19.4 Å². The van der Waals surface area contributed by atoms with Crippen LogP contribution in [0, 0.1) is 0 Å². The van der Waals surface area contributed by atoms with Gasteiger partial charge in [-0.25, -0.2) is 4.79 Å². The van der Waals surface area contributed by atoms with E-state index >= 15 is 0 Å². The van der Waals surface area contributed by atoms with Crippen molar-refractivity contribution in [3.05, 3.63) is 48.0 Å². The molecule has 1 N–H and O–H groups in total. The van der Waals surface area contributed by atoms with Gasteiger partial charge in [-0.1, -0.05) is 24.3 Å². The number of hydrogen-bond acceptors (Lipinski definition) is 5. The van der Waals surface area contributed by atoms with Crippen LogP contribution in [0.2, 0.25) is 0 Å². The van der Waals surface area contributed by atoms with Crippen LogP contribution < -0.4 is 4.74 Å². The molecule has 126 valence electrons. The fourth-order valence-corrected chi connectivity index (χ4v) is 2.83. The molecule has 1 atom stereocenters. The van der Waals surface area contributed by atoms with Gasteiger partial charge in [0.15, 0.2) is 0 Å². The van der Waals surface area contributed by atoms with Crippen molar-refractivity contribution in [1.82, 2.24) is 4.90 Å². The van der Waals surface area contributed by atoms with Crippen molar-refractivity contribution in [2.75, 3.05) is 27.2 Å². The van der Waals surface area contributed by atoms with Crippen LogP contribution >= 0.6 is 0 Å². The molecule has 0 saturated carbocycles. The van der Waals surface area contributed by atoms with Gasteiger partial charge in [0.05, 0.1) is 0 Å². The second-order valence-corrected chi connectivity index (χ2v) is 6.30. The second-order valence-electron chi connectivity index (χ2n) is 6.30. The number of benzene rings is 2. The normalized spacial score (nSPS) is 18.5. The molecule has 0 fully saturated rings. The number of likely N-dealkylation sites (N-methyl/N-ethyl adjacent to an activating group) is 1. The number of carbonyl (C=O) groups is 1. The Morgan fingerprint density at radius 3 is 2.71 bits per heavy atom. The SMILES string of the molecule is CN(C)CCOC(=O)C1(C)Oc2ccccc2-c2ccc(O)cc21. The maximum atomic E-state index is 12.7. The zero-order valence-electron chi connectivity index (χ0n) is 14.1. The summed E-state index contributed by atoms with van der Waals surface area (Å²) < 4.78 is 11.4. The number of rotatable bonds is 4. The Balaban J connectivity index is 2.00. The Bertz CT molecular complexity index is 772. The Morgan fingerprint density at radius 2 is 1.96 bits per heavy atom. The summed E-state index contributed by atoms with van der Waals surface area (Å²) in [7, 11) is 3.83. The van der Waals surface area contributed by atoms with Crippen LogP contribution in [0.15, 0.2) is 42.5 Å². The van der Waals surface area contributed by atoms with E-state index in [1.807, 2.05) is 43.3 Å². The number of fused-ring (bicyclic) bond motifs is 3. The van der Waals surface area contributed by atoms with Gasteiger partial charge in [-0.3, -0.25) is 0 Å². The molecule has 1 aliphatic rings. The number of aromatic hydroxyl groups is 1. The molecule has 0 aliphatic carbocycles. The van der Waals surface area contributed by atoms with Crippen LogP contribution in [0.3, 0.4) is 0 Å². The molecule has 3 rings (SSSR count). The molecule has 5 heteroatoms. The zero-order valence-corrected chi connectivity index (χ0v) is 14.1. The highest BCUT2D eigenvalue weighted by Crippen LogP contribution is 2.46. The highest BCUT2D eigenvalue weighted by Gasteiger charge is 2.45. The number of ether oxygens (including phenoxy) is 2. The smallest absolute Gasteiger partial charge is 0.355 e. The van der Waals surface area contributed by atoms with Gasteiger partial charge < -0.3 is 19.5 Å². The predicted molar refractivity (Wildman–Crippen MR) is 91.0 cm³/mol. The minimum absolute atomic E-state index is 0.0871. The quantitative estimate of drug-likeness (QED) is 0.875. The fourth-order valence-electron chi connectivity index (χ4n) is 2.83. The Hall–Kier alpha value is -2.53. The number of hydrogen-bond donors (Lipinski definition) is 1. The van der Waals surface area contributed by atoms with Crippen LogP contribution in [-0.4, -0.2) is 43.2 Å². The largest absolute Gasteiger partial charge is 0.508 e. The highest BCUT2D eigenvalue weighted by molar-refractivity contribution is 5.89. The first-order valence-electron chi connectivity index (χ1n) is 7.85. The van der Waals surface area contributed by atoms with Crippen LogP contribution in [0.1, 0.15) is 12.5 Å². The highest BCUT2D eigenvalue weighted by atomic mass is 16.6. The summed E-state index contributed by atoms with van der Waals surface area (Å²) in [6, 6.07) is 12.5. The van der Waals surface area contributed by atoms with Crippen LogP contribution in [0.4, 0.5) is 0 Å². The van der Waals surface area contributed by atoms with Crippen molar-refractivity contribution in [3.63, 3.8) is 0 Å². The first-order valence-corrected chi connectivity index (χ1v) is 7.85. The molecule has 0 saturated heterocycles. The first kappa shape index (κ1) is 16.3. The molecule has 2 aromatic carbocycles. The molecule has 0 aromatic heterocycles. The first-order chi connectivity index (χ1) is 11.4. The maximum absolute atomic E-state index is 12.7. The number of esters is 1. The lowest BCUT2D eigenvalue weighted by molar-refractivity contribution is -0.162. The summed E-state index contributed by atoms with van der Waals surface area (Å²) in [5.74, 6) is 0.248. The predicted octanol–water partition coefficient (Wildman–Crippen LogP) is 2.77. The molecule has 0 bridgehead atoms. The van der Waals surface area contributed by atoms with Gasteiger partial charge >= 0.3 is 5.97 Å². The van der Waals surface area contributed by atoms with E-state index in [4.69, 9.17) is 9.47 Å². The molecule has 2 aromatic rings. The number of nitrogens with zero attached hydrogens (tertiary/aromatic N) is 1. The molecular formula is C19H21NO4. The maximum Gasteiger partial charge on any atom is 0.355 e. The number of carbonyl (C=O) groups excluding carboxylic acids is 1. The average molecular weight is 327 g/mol. The van der Waals surface area contributed by atoms with E-state index < -0.39 is 11.6 Å². The van der Waals surface area contributed by atoms with Gasteiger partial charge in [0.25, 0.3) is 0 Å². The van der Waals surface area contributed by atoms with E-state index in [1.54, 1.807) is 25.1 Å². The van der Waals surface area contributed by atoms with Crippen LogP contribution in [-0.2, 0) is 15.1 Å². The van der Waals surface area contributed by atoms with Gasteiger partial charge in [0, 0.05) is 17.7 Å². The summed E-state index contributed by atoms with van der Waals surface area (Å²) in [4.78, 5) is 14.7. The van der Waals surface area contributed by atoms with E-state index in [1.165, 1.54) is 0 Å². The van der Waals surface area contributed by atoms with Gasteiger partial charge in [-0.2, -0.15) is 0 Å². The third-order valence-corrected chi connectivity index (χ3v) is 4.17. The van der Waals surface area contributed by atoms with Gasteiger partial charge in [-0.05, 0) is 44.8 Å². The third-order valence-electron chi connectivity index (χ3n) is 4.17. The lowest BCUT2D eigenvalue weighted by Crippen LogP contribution is -2.43. The Morgan fingerprint density at radius 1 is 1.21 bits per heavy atom. The van der Waals surface area contributed by atoms with Crippen LogP contribution in [0.25, 0.3) is 11.1 Å². The Labute approximate surface area is 141 Å². The van der Waals surface area contributed by atoms with Crippen molar-refractivity contribution in [1.29, 1.82) is 0 Å². The van der Waals surface area contributed by atoms with Gasteiger partial charge in [0.1, 0.15) is 18.1 Å². The number of phenolic OH excluding ortho intramolecular Hbond substituents is 1. The standard InChI is InChI=1S/C19H21NO4/c1-19(18(22)23-11-10-20(2)3)16-12-13(21)8-9-14(16)15-6-4-5-7-17(15)24-19/h4-9,12,21H,10-11H2,1-3H3. The molecule has 5 nitrogen and oxygen atoms in total. The topological polar surface area (TPSA) is 59.0 Å². The molecule has 0 amide bonds. The van der Waals surface area contributed by atoms with Crippen LogP contribution in [0.5, 0.6) is 11.5 Å². The van der Waals surface area contributed by atoms with Crippen molar-refractivity contribution >= 4 is 5.97 Å². The molecule has 1 unspecified atom stereocenters. The fraction of sp³-hybridized carbons (Fsp3) is 0.316. The van der Waals surface area contributed by atoms with Gasteiger partial charge in [0.2, 0.25) is 5.60 Å². The van der Waals surface area contributed by atoms with Gasteiger partial charge in [-0.15, -0.1) is 0 Å². The average Bonchev–Trinajstić information content (AvgIpc) is 2.54. The lowest BCUT2D eigenvalue weighted by atomic mass is 9.85.